The quantitative estimate of drug-likeness (QED) is 0.823. The average molecular weight is 326 g/mol. The van der Waals surface area contributed by atoms with E-state index < -0.39 is 0 Å². The smallest absolute Gasteiger partial charge is 0.123 e. The van der Waals surface area contributed by atoms with Crippen molar-refractivity contribution in [2.45, 2.75) is 70.8 Å². The fourth-order valence-electron chi connectivity index (χ4n) is 3.34. The molecule has 1 N–H and O–H groups in total. The van der Waals surface area contributed by atoms with Gasteiger partial charge in [0.1, 0.15) is 5.75 Å². The second-order valence-corrected chi connectivity index (χ2v) is 7.90. The van der Waals surface area contributed by atoms with Crippen LogP contribution in [0.4, 0.5) is 0 Å². The molecule has 1 aromatic carbocycles. The largest absolute Gasteiger partial charge is 0.507 e. The number of phenolic OH excluding ortho intramolecular Hbond substituents is 1. The molecule has 0 amide bonds. The molecule has 0 bridgehead atoms. The molecule has 0 spiro atoms. The first-order valence-corrected chi connectivity index (χ1v) is 8.30. The van der Waals surface area contributed by atoms with E-state index in [2.05, 4.69) is 51.9 Å². The van der Waals surface area contributed by atoms with Crippen LogP contribution in [0.15, 0.2) is 12.1 Å². The highest BCUT2D eigenvalue weighted by Crippen LogP contribution is 2.41. The number of rotatable bonds is 3. The molecule has 1 saturated carbocycles. The molecule has 1 fully saturated rings. The summed E-state index contributed by atoms with van der Waals surface area (Å²) >= 11 is 0. The van der Waals surface area contributed by atoms with Crippen molar-refractivity contribution < 1.29 is 5.11 Å². The van der Waals surface area contributed by atoms with Crippen molar-refractivity contribution in [1.29, 1.82) is 0 Å². The number of phenols is 1. The first kappa shape index (κ1) is 19.3. The van der Waals surface area contributed by atoms with Crippen LogP contribution in [0.5, 0.6) is 5.75 Å². The van der Waals surface area contributed by atoms with Crippen molar-refractivity contribution >= 4 is 12.4 Å². The van der Waals surface area contributed by atoms with Crippen LogP contribution in [0.25, 0.3) is 0 Å². The zero-order chi connectivity index (χ0) is 15.6. The summed E-state index contributed by atoms with van der Waals surface area (Å²) in [6.45, 7) is 7.56. The van der Waals surface area contributed by atoms with Gasteiger partial charge in [0, 0.05) is 12.1 Å². The Morgan fingerprint density at radius 1 is 1.09 bits per heavy atom. The fraction of sp³-hybridized carbons (Fsp3) is 0.684. The lowest BCUT2D eigenvalue weighted by molar-refractivity contribution is 0.375. The fourth-order valence-corrected chi connectivity index (χ4v) is 3.34. The van der Waals surface area contributed by atoms with Crippen LogP contribution in [-0.4, -0.2) is 24.1 Å². The number of benzene rings is 1. The lowest BCUT2D eigenvalue weighted by atomic mass is 9.78. The molecule has 1 aliphatic carbocycles. The van der Waals surface area contributed by atoms with Gasteiger partial charge in [-0.25, -0.2) is 0 Å². The van der Waals surface area contributed by atoms with Gasteiger partial charge < -0.3 is 10.0 Å². The maximum absolute atomic E-state index is 10.8. The summed E-state index contributed by atoms with van der Waals surface area (Å²) in [5.41, 5.74) is 3.74. The Hall–Kier alpha value is -0.730. The molecule has 2 rings (SSSR count). The molecule has 1 aliphatic rings. The van der Waals surface area contributed by atoms with E-state index in [-0.39, 0.29) is 17.8 Å². The zero-order valence-electron chi connectivity index (χ0n) is 14.8. The first-order chi connectivity index (χ1) is 9.79. The van der Waals surface area contributed by atoms with E-state index in [0.717, 1.165) is 12.1 Å². The van der Waals surface area contributed by atoms with Gasteiger partial charge in [0.15, 0.2) is 0 Å². The summed E-state index contributed by atoms with van der Waals surface area (Å²) < 4.78 is 0. The van der Waals surface area contributed by atoms with Gasteiger partial charge in [-0.15, -0.1) is 12.4 Å². The van der Waals surface area contributed by atoms with Gasteiger partial charge in [0.25, 0.3) is 0 Å². The summed E-state index contributed by atoms with van der Waals surface area (Å²) in [5.74, 6) is 1.09. The minimum Gasteiger partial charge on any atom is -0.507 e. The van der Waals surface area contributed by atoms with Gasteiger partial charge in [-0.05, 0) is 49.4 Å². The number of nitrogens with zero attached hydrogens (tertiary/aromatic N) is 1. The van der Waals surface area contributed by atoms with Crippen LogP contribution in [0, 0.1) is 0 Å². The summed E-state index contributed by atoms with van der Waals surface area (Å²) in [5, 5.41) is 10.8. The van der Waals surface area contributed by atoms with E-state index in [1.807, 2.05) is 0 Å². The molecule has 2 nitrogen and oxygen atoms in total. The van der Waals surface area contributed by atoms with Crippen molar-refractivity contribution in [1.82, 2.24) is 4.90 Å². The van der Waals surface area contributed by atoms with Crippen LogP contribution < -0.4 is 0 Å². The van der Waals surface area contributed by atoms with Crippen LogP contribution >= 0.6 is 12.4 Å². The van der Waals surface area contributed by atoms with E-state index in [1.165, 1.54) is 43.2 Å². The molecular weight excluding hydrogens is 294 g/mol. The SMILES string of the molecule is CN(C)Cc1cc(C(C)(C)C)cc(C2CCCCC2)c1O.Cl. The minimum absolute atomic E-state index is 0. The number of hydrogen-bond acceptors (Lipinski definition) is 2. The van der Waals surface area contributed by atoms with Crippen molar-refractivity contribution in [3.05, 3.63) is 28.8 Å². The van der Waals surface area contributed by atoms with Gasteiger partial charge >= 0.3 is 0 Å². The number of aromatic hydroxyl groups is 1. The van der Waals surface area contributed by atoms with E-state index >= 15 is 0 Å². The lowest BCUT2D eigenvalue weighted by Crippen LogP contribution is -2.17. The topological polar surface area (TPSA) is 23.5 Å². The Morgan fingerprint density at radius 2 is 1.68 bits per heavy atom. The van der Waals surface area contributed by atoms with Gasteiger partial charge in [0.05, 0.1) is 0 Å². The maximum atomic E-state index is 10.8. The van der Waals surface area contributed by atoms with Crippen molar-refractivity contribution in [2.24, 2.45) is 0 Å². The van der Waals surface area contributed by atoms with Crippen LogP contribution in [0.3, 0.4) is 0 Å². The zero-order valence-corrected chi connectivity index (χ0v) is 15.6. The summed E-state index contributed by atoms with van der Waals surface area (Å²) in [4.78, 5) is 2.13. The Morgan fingerprint density at radius 3 is 2.18 bits per heavy atom. The predicted octanol–water partition coefficient (Wildman–Crippen LogP) is 5.22. The Bertz CT molecular complexity index is 485. The second-order valence-electron chi connectivity index (χ2n) is 7.90. The van der Waals surface area contributed by atoms with Gasteiger partial charge in [-0.3, -0.25) is 0 Å². The van der Waals surface area contributed by atoms with Crippen molar-refractivity contribution in [3.8, 4) is 5.75 Å². The van der Waals surface area contributed by atoms with Crippen molar-refractivity contribution in [3.63, 3.8) is 0 Å². The molecule has 0 saturated heterocycles. The maximum Gasteiger partial charge on any atom is 0.123 e. The molecule has 1 aromatic rings. The third kappa shape index (κ3) is 4.63. The van der Waals surface area contributed by atoms with E-state index in [9.17, 15) is 5.11 Å². The molecule has 0 aromatic heterocycles. The standard InChI is InChI=1S/C19H31NO.ClH/c1-19(2,3)16-11-15(13-20(4)5)18(21)17(12-16)14-9-7-6-8-10-14;/h11-12,14,21H,6-10,13H2,1-5H3;1H. The first-order valence-electron chi connectivity index (χ1n) is 8.30. The minimum atomic E-state index is 0. The summed E-state index contributed by atoms with van der Waals surface area (Å²) in [6.07, 6.45) is 6.39. The number of halogens is 1. The highest BCUT2D eigenvalue weighted by atomic mass is 35.5. The second kappa shape index (κ2) is 7.70. The molecule has 0 atom stereocenters. The highest BCUT2D eigenvalue weighted by Gasteiger charge is 2.24. The lowest BCUT2D eigenvalue weighted by Gasteiger charge is -2.28. The average Bonchev–Trinajstić information content (AvgIpc) is 2.40. The molecule has 0 aliphatic heterocycles. The number of hydrogen-bond donors (Lipinski definition) is 1. The predicted molar refractivity (Wildman–Crippen MR) is 97.3 cm³/mol. The Kier molecular flexibility index (Phi) is 6.76. The summed E-state index contributed by atoms with van der Waals surface area (Å²) in [7, 11) is 4.12. The van der Waals surface area contributed by atoms with Crippen LogP contribution in [-0.2, 0) is 12.0 Å². The van der Waals surface area contributed by atoms with Crippen molar-refractivity contribution in [2.75, 3.05) is 14.1 Å². The molecular formula is C19H32ClNO. The van der Waals surface area contributed by atoms with Gasteiger partial charge in [-0.1, -0.05) is 52.2 Å². The van der Waals surface area contributed by atoms with E-state index in [1.54, 1.807) is 0 Å². The third-order valence-corrected chi connectivity index (χ3v) is 4.62. The molecule has 0 radical (unpaired) electrons. The van der Waals surface area contributed by atoms with Crippen LogP contribution in [0.2, 0.25) is 0 Å². The van der Waals surface area contributed by atoms with E-state index in [0.29, 0.717) is 11.7 Å². The van der Waals surface area contributed by atoms with Crippen LogP contribution in [0.1, 0.15) is 75.5 Å². The molecule has 0 heterocycles. The Balaban J connectivity index is 0.00000242. The molecule has 22 heavy (non-hydrogen) atoms. The molecule has 126 valence electrons. The normalized spacial score (nSPS) is 16.6. The van der Waals surface area contributed by atoms with Gasteiger partial charge in [0.2, 0.25) is 0 Å². The Labute approximate surface area is 142 Å². The molecule has 0 unspecified atom stereocenters. The van der Waals surface area contributed by atoms with E-state index in [4.69, 9.17) is 0 Å². The van der Waals surface area contributed by atoms with Gasteiger partial charge in [-0.2, -0.15) is 0 Å². The highest BCUT2D eigenvalue weighted by molar-refractivity contribution is 5.85. The molecule has 3 heteroatoms. The monoisotopic (exact) mass is 325 g/mol. The summed E-state index contributed by atoms with van der Waals surface area (Å²) in [6, 6.07) is 4.46. The third-order valence-electron chi connectivity index (χ3n) is 4.62.